The fraction of sp³-hybridized carbons (Fsp3) is 0.500. The van der Waals surface area contributed by atoms with Crippen molar-refractivity contribution in [1.29, 1.82) is 0 Å². The summed E-state index contributed by atoms with van der Waals surface area (Å²) in [5.74, 6) is 0.775. The fourth-order valence-electron chi connectivity index (χ4n) is 1.97. The summed E-state index contributed by atoms with van der Waals surface area (Å²) in [7, 11) is 4.74. The first kappa shape index (κ1) is 17.8. The van der Waals surface area contributed by atoms with Crippen LogP contribution in [0.1, 0.15) is 18.9 Å². The lowest BCUT2D eigenvalue weighted by Crippen LogP contribution is -2.33. The molecule has 1 aromatic carbocycles. The van der Waals surface area contributed by atoms with E-state index in [1.54, 1.807) is 34.3 Å². The zero-order chi connectivity index (χ0) is 16.5. The van der Waals surface area contributed by atoms with Crippen LogP contribution in [0.15, 0.2) is 18.2 Å². The van der Waals surface area contributed by atoms with E-state index < -0.39 is 5.97 Å². The molecular weight excluding hydrogens is 286 g/mol. The Morgan fingerprint density at radius 1 is 1.14 bits per heavy atom. The number of aryl methyl sites for hydroxylation is 1. The molecule has 0 saturated heterocycles. The van der Waals surface area contributed by atoms with Crippen LogP contribution in [0.2, 0.25) is 0 Å². The molecule has 0 aliphatic carbocycles. The Balaban J connectivity index is 2.55. The molecule has 1 rings (SSSR count). The standard InChI is InChI=1S/C16H23NO5/c1-5-22-16(19)11-17(2)15(18)9-7-12-6-8-13(20-3)14(10-12)21-4/h6,8,10H,5,7,9,11H2,1-4H3. The Kier molecular flexibility index (Phi) is 7.22. The van der Waals surface area contributed by atoms with Gasteiger partial charge in [-0.15, -0.1) is 0 Å². The van der Waals surface area contributed by atoms with Crippen LogP contribution in [0.25, 0.3) is 0 Å². The maximum Gasteiger partial charge on any atom is 0.325 e. The van der Waals surface area contributed by atoms with Crippen molar-refractivity contribution < 1.29 is 23.8 Å². The van der Waals surface area contributed by atoms with Crippen molar-refractivity contribution in [3.8, 4) is 11.5 Å². The normalized spacial score (nSPS) is 10.0. The van der Waals surface area contributed by atoms with E-state index in [1.165, 1.54) is 4.90 Å². The van der Waals surface area contributed by atoms with Gasteiger partial charge in [0.15, 0.2) is 11.5 Å². The number of hydrogen-bond acceptors (Lipinski definition) is 5. The number of likely N-dealkylation sites (N-methyl/N-ethyl adjacent to an activating group) is 1. The molecule has 6 nitrogen and oxygen atoms in total. The van der Waals surface area contributed by atoms with Crippen LogP contribution in [-0.4, -0.2) is 51.2 Å². The first-order valence-corrected chi connectivity index (χ1v) is 7.12. The third-order valence-corrected chi connectivity index (χ3v) is 3.17. The van der Waals surface area contributed by atoms with Gasteiger partial charge in [0.25, 0.3) is 0 Å². The molecule has 0 fully saturated rings. The molecule has 0 heterocycles. The number of benzene rings is 1. The highest BCUT2D eigenvalue weighted by Crippen LogP contribution is 2.27. The Morgan fingerprint density at radius 2 is 1.82 bits per heavy atom. The average molecular weight is 309 g/mol. The first-order valence-electron chi connectivity index (χ1n) is 7.12. The molecule has 0 aliphatic heterocycles. The van der Waals surface area contributed by atoms with Gasteiger partial charge in [0.2, 0.25) is 5.91 Å². The van der Waals surface area contributed by atoms with Gasteiger partial charge < -0.3 is 19.1 Å². The number of carbonyl (C=O) groups excluding carboxylic acids is 2. The predicted molar refractivity (Wildman–Crippen MR) is 82.1 cm³/mol. The van der Waals surface area contributed by atoms with Crippen molar-refractivity contribution in [2.45, 2.75) is 19.8 Å². The zero-order valence-corrected chi connectivity index (χ0v) is 13.5. The summed E-state index contributed by atoms with van der Waals surface area (Å²) in [6.07, 6.45) is 0.873. The summed E-state index contributed by atoms with van der Waals surface area (Å²) < 4.78 is 15.2. The number of esters is 1. The number of amides is 1. The lowest BCUT2D eigenvalue weighted by molar-refractivity contribution is -0.148. The van der Waals surface area contributed by atoms with Crippen molar-refractivity contribution in [2.24, 2.45) is 0 Å². The lowest BCUT2D eigenvalue weighted by Gasteiger charge is -2.16. The van der Waals surface area contributed by atoms with Crippen molar-refractivity contribution in [3.63, 3.8) is 0 Å². The summed E-state index contributed by atoms with van der Waals surface area (Å²) in [6.45, 7) is 2.02. The number of ether oxygens (including phenoxy) is 3. The minimum atomic E-state index is -0.399. The highest BCUT2D eigenvalue weighted by Gasteiger charge is 2.14. The minimum absolute atomic E-state index is 0.0292. The first-order chi connectivity index (χ1) is 10.5. The second-order valence-electron chi connectivity index (χ2n) is 4.74. The largest absolute Gasteiger partial charge is 0.493 e. The third-order valence-electron chi connectivity index (χ3n) is 3.17. The van der Waals surface area contributed by atoms with Gasteiger partial charge in [-0.2, -0.15) is 0 Å². The van der Waals surface area contributed by atoms with Gasteiger partial charge in [-0.3, -0.25) is 9.59 Å². The highest BCUT2D eigenvalue weighted by molar-refractivity contribution is 5.81. The Hall–Kier alpha value is -2.24. The van der Waals surface area contributed by atoms with Gasteiger partial charge in [-0.1, -0.05) is 6.07 Å². The maximum atomic E-state index is 12.0. The SMILES string of the molecule is CCOC(=O)CN(C)C(=O)CCc1ccc(OC)c(OC)c1. The average Bonchev–Trinajstić information content (AvgIpc) is 2.52. The van der Waals surface area contributed by atoms with Crippen LogP contribution in [0.4, 0.5) is 0 Å². The monoisotopic (exact) mass is 309 g/mol. The van der Waals surface area contributed by atoms with Gasteiger partial charge in [-0.25, -0.2) is 0 Å². The predicted octanol–water partition coefficient (Wildman–Crippen LogP) is 1.66. The molecule has 0 saturated carbocycles. The summed E-state index contributed by atoms with van der Waals surface area (Å²) >= 11 is 0. The molecule has 6 heteroatoms. The van der Waals surface area contributed by atoms with Crippen LogP contribution < -0.4 is 9.47 Å². The van der Waals surface area contributed by atoms with E-state index in [0.717, 1.165) is 5.56 Å². The maximum absolute atomic E-state index is 12.0. The van der Waals surface area contributed by atoms with E-state index in [-0.39, 0.29) is 12.5 Å². The summed E-state index contributed by atoms with van der Waals surface area (Å²) in [5, 5.41) is 0. The Morgan fingerprint density at radius 3 is 2.41 bits per heavy atom. The molecule has 122 valence electrons. The van der Waals surface area contributed by atoms with E-state index in [4.69, 9.17) is 14.2 Å². The van der Waals surface area contributed by atoms with Gasteiger partial charge in [0.05, 0.1) is 20.8 Å². The van der Waals surface area contributed by atoms with Crippen molar-refractivity contribution in [2.75, 3.05) is 34.4 Å². The van der Waals surface area contributed by atoms with Gasteiger partial charge in [0.1, 0.15) is 6.54 Å². The van der Waals surface area contributed by atoms with E-state index in [9.17, 15) is 9.59 Å². The van der Waals surface area contributed by atoms with Crippen LogP contribution in [-0.2, 0) is 20.7 Å². The molecule has 0 atom stereocenters. The van der Waals surface area contributed by atoms with Gasteiger partial charge in [-0.05, 0) is 31.0 Å². The van der Waals surface area contributed by atoms with Crippen molar-refractivity contribution in [1.82, 2.24) is 4.90 Å². The smallest absolute Gasteiger partial charge is 0.325 e. The molecule has 0 aromatic heterocycles. The van der Waals surface area contributed by atoms with E-state index in [1.807, 2.05) is 12.1 Å². The van der Waals surface area contributed by atoms with Crippen molar-refractivity contribution in [3.05, 3.63) is 23.8 Å². The van der Waals surface area contributed by atoms with Crippen LogP contribution in [0.5, 0.6) is 11.5 Å². The molecule has 22 heavy (non-hydrogen) atoms. The second kappa shape index (κ2) is 8.92. The molecular formula is C16H23NO5. The number of methoxy groups -OCH3 is 2. The molecule has 0 bridgehead atoms. The van der Waals surface area contributed by atoms with E-state index in [0.29, 0.717) is 30.9 Å². The summed E-state index contributed by atoms with van der Waals surface area (Å²) in [6, 6.07) is 5.54. The second-order valence-corrected chi connectivity index (χ2v) is 4.74. The Labute approximate surface area is 131 Å². The molecule has 0 radical (unpaired) electrons. The minimum Gasteiger partial charge on any atom is -0.493 e. The molecule has 1 amide bonds. The number of rotatable bonds is 8. The van der Waals surface area contributed by atoms with E-state index in [2.05, 4.69) is 0 Å². The summed E-state index contributed by atoms with van der Waals surface area (Å²) in [4.78, 5) is 24.7. The van der Waals surface area contributed by atoms with Crippen molar-refractivity contribution >= 4 is 11.9 Å². The molecule has 0 unspecified atom stereocenters. The van der Waals surface area contributed by atoms with Crippen LogP contribution in [0.3, 0.4) is 0 Å². The number of nitrogens with zero attached hydrogens (tertiary/aromatic N) is 1. The topological polar surface area (TPSA) is 65.1 Å². The van der Waals surface area contributed by atoms with Gasteiger partial charge in [0, 0.05) is 13.5 Å². The molecule has 0 aliphatic rings. The van der Waals surface area contributed by atoms with Crippen LogP contribution >= 0.6 is 0 Å². The fourth-order valence-corrected chi connectivity index (χ4v) is 1.97. The van der Waals surface area contributed by atoms with Crippen LogP contribution in [0, 0.1) is 0 Å². The molecule has 0 spiro atoms. The third kappa shape index (κ3) is 5.27. The number of carbonyl (C=O) groups is 2. The molecule has 1 aromatic rings. The summed E-state index contributed by atoms with van der Waals surface area (Å²) in [5.41, 5.74) is 0.968. The quantitative estimate of drug-likeness (QED) is 0.683. The molecule has 0 N–H and O–H groups in total. The van der Waals surface area contributed by atoms with Gasteiger partial charge >= 0.3 is 5.97 Å². The Bertz CT molecular complexity index is 515. The van der Waals surface area contributed by atoms with E-state index >= 15 is 0 Å². The zero-order valence-electron chi connectivity index (χ0n) is 13.5. The lowest BCUT2D eigenvalue weighted by atomic mass is 10.1. The highest BCUT2D eigenvalue weighted by atomic mass is 16.5. The number of hydrogen-bond donors (Lipinski definition) is 0.